The number of benzene rings is 1. The molecule has 78 valence electrons. The Hall–Kier alpha value is -1.35. The van der Waals surface area contributed by atoms with Gasteiger partial charge >= 0.3 is 0 Å². The lowest BCUT2D eigenvalue weighted by Crippen LogP contribution is -2.18. The summed E-state index contributed by atoms with van der Waals surface area (Å²) in [5, 5.41) is 8.61. The Morgan fingerprint density at radius 1 is 1.47 bits per heavy atom. The summed E-state index contributed by atoms with van der Waals surface area (Å²) in [5.74, 6) is 0. The highest BCUT2D eigenvalue weighted by atomic mass is 15.1. The molecule has 1 aliphatic rings. The molecule has 2 aromatic rings. The fraction of sp³-hybridized carbons (Fsp3) is 0.417. The van der Waals surface area contributed by atoms with Crippen LogP contribution in [0, 0.1) is 0 Å². The first-order chi connectivity index (χ1) is 7.23. The maximum atomic E-state index is 6.16. The van der Waals surface area contributed by atoms with E-state index in [1.165, 1.54) is 16.6 Å². The van der Waals surface area contributed by atoms with E-state index in [9.17, 15) is 0 Å². The van der Waals surface area contributed by atoms with E-state index in [4.69, 9.17) is 5.73 Å². The molecule has 3 heteroatoms. The second-order valence-electron chi connectivity index (χ2n) is 4.44. The fourth-order valence-corrected chi connectivity index (χ4v) is 2.07. The number of fused-ring (bicyclic) bond motifs is 1. The molecule has 1 fully saturated rings. The van der Waals surface area contributed by atoms with E-state index in [-0.39, 0.29) is 5.54 Å². The summed E-state index contributed by atoms with van der Waals surface area (Å²) in [4.78, 5) is 0. The number of aryl methyl sites for hydroxylation is 1. The number of aromatic amines is 1. The van der Waals surface area contributed by atoms with Crippen LogP contribution in [0.25, 0.3) is 10.9 Å². The molecule has 15 heavy (non-hydrogen) atoms. The monoisotopic (exact) mass is 201 g/mol. The Morgan fingerprint density at radius 2 is 2.27 bits per heavy atom. The highest BCUT2D eigenvalue weighted by molar-refractivity contribution is 5.82. The van der Waals surface area contributed by atoms with Crippen LogP contribution in [0.4, 0.5) is 0 Å². The Labute approximate surface area is 88.7 Å². The smallest absolute Gasteiger partial charge is 0.0927 e. The Bertz CT molecular complexity index is 509. The topological polar surface area (TPSA) is 54.7 Å². The maximum absolute atomic E-state index is 6.16. The van der Waals surface area contributed by atoms with Gasteiger partial charge in [0.15, 0.2) is 0 Å². The third-order valence-corrected chi connectivity index (χ3v) is 3.35. The van der Waals surface area contributed by atoms with E-state index in [1.807, 2.05) is 0 Å². The Kier molecular flexibility index (Phi) is 1.68. The lowest BCUT2D eigenvalue weighted by Gasteiger charge is -2.08. The van der Waals surface area contributed by atoms with Gasteiger partial charge in [-0.15, -0.1) is 0 Å². The zero-order chi connectivity index (χ0) is 10.5. The molecule has 0 bridgehead atoms. The molecule has 0 spiro atoms. The molecule has 3 rings (SSSR count). The highest BCUT2D eigenvalue weighted by Crippen LogP contribution is 2.43. The van der Waals surface area contributed by atoms with Gasteiger partial charge in [-0.2, -0.15) is 5.10 Å². The number of nitrogens with zero attached hydrogens (tertiary/aromatic N) is 1. The van der Waals surface area contributed by atoms with Crippen molar-refractivity contribution in [3.05, 3.63) is 29.5 Å². The summed E-state index contributed by atoms with van der Waals surface area (Å²) in [7, 11) is 0. The molecule has 1 aromatic heterocycles. The van der Waals surface area contributed by atoms with Crippen LogP contribution >= 0.6 is 0 Å². The third-order valence-electron chi connectivity index (χ3n) is 3.35. The van der Waals surface area contributed by atoms with Gasteiger partial charge in [0.1, 0.15) is 0 Å². The van der Waals surface area contributed by atoms with Gasteiger partial charge in [0, 0.05) is 16.6 Å². The number of H-pyrrole nitrogens is 1. The average molecular weight is 201 g/mol. The minimum Gasteiger partial charge on any atom is -0.321 e. The van der Waals surface area contributed by atoms with E-state index in [1.54, 1.807) is 0 Å². The Morgan fingerprint density at radius 3 is 2.93 bits per heavy atom. The van der Waals surface area contributed by atoms with Gasteiger partial charge < -0.3 is 5.73 Å². The first-order valence-electron chi connectivity index (χ1n) is 5.49. The molecule has 1 saturated carbocycles. The van der Waals surface area contributed by atoms with Crippen LogP contribution in [-0.4, -0.2) is 10.2 Å². The van der Waals surface area contributed by atoms with Gasteiger partial charge in [0.05, 0.1) is 5.52 Å². The zero-order valence-corrected chi connectivity index (χ0v) is 8.88. The van der Waals surface area contributed by atoms with Crippen molar-refractivity contribution < 1.29 is 0 Å². The second kappa shape index (κ2) is 2.83. The molecule has 1 heterocycles. The van der Waals surface area contributed by atoms with Crippen LogP contribution in [-0.2, 0) is 12.0 Å². The van der Waals surface area contributed by atoms with Crippen molar-refractivity contribution in [1.29, 1.82) is 0 Å². The van der Waals surface area contributed by atoms with Gasteiger partial charge in [0.2, 0.25) is 0 Å². The molecule has 3 nitrogen and oxygen atoms in total. The van der Waals surface area contributed by atoms with Crippen molar-refractivity contribution in [3.8, 4) is 0 Å². The van der Waals surface area contributed by atoms with Crippen molar-refractivity contribution in [2.24, 2.45) is 5.73 Å². The minimum atomic E-state index is -0.0560. The molecule has 1 aliphatic carbocycles. The summed E-state index contributed by atoms with van der Waals surface area (Å²) in [5.41, 5.74) is 9.58. The van der Waals surface area contributed by atoms with Crippen LogP contribution in [0.15, 0.2) is 18.2 Å². The van der Waals surface area contributed by atoms with E-state index in [2.05, 4.69) is 35.3 Å². The molecule has 1 aromatic carbocycles. The molecule has 3 N–H and O–H groups in total. The summed E-state index contributed by atoms with van der Waals surface area (Å²) in [6.45, 7) is 2.13. The molecule has 0 atom stereocenters. The average Bonchev–Trinajstić information content (AvgIpc) is 2.88. The van der Waals surface area contributed by atoms with Crippen LogP contribution in [0.3, 0.4) is 0 Å². The second-order valence-corrected chi connectivity index (χ2v) is 4.44. The fourth-order valence-electron chi connectivity index (χ4n) is 2.07. The zero-order valence-electron chi connectivity index (χ0n) is 8.88. The Balaban J connectivity index is 2.15. The normalized spacial score (nSPS) is 18.3. The van der Waals surface area contributed by atoms with Crippen LogP contribution in [0.1, 0.15) is 31.0 Å². The highest BCUT2D eigenvalue weighted by Gasteiger charge is 2.40. The van der Waals surface area contributed by atoms with Gasteiger partial charge in [-0.1, -0.05) is 19.1 Å². The number of hydrogen-bond acceptors (Lipinski definition) is 2. The molecule has 0 saturated heterocycles. The molecule has 0 amide bonds. The quantitative estimate of drug-likeness (QED) is 0.781. The van der Waals surface area contributed by atoms with Gasteiger partial charge in [-0.3, -0.25) is 5.10 Å². The lowest BCUT2D eigenvalue weighted by molar-refractivity contribution is 0.741. The predicted molar refractivity (Wildman–Crippen MR) is 60.6 cm³/mol. The van der Waals surface area contributed by atoms with Crippen LogP contribution < -0.4 is 5.73 Å². The molecular weight excluding hydrogens is 186 g/mol. The summed E-state index contributed by atoms with van der Waals surface area (Å²) in [6.07, 6.45) is 3.19. The van der Waals surface area contributed by atoms with E-state index < -0.39 is 0 Å². The van der Waals surface area contributed by atoms with Crippen LogP contribution in [0.2, 0.25) is 0 Å². The number of hydrogen-bond donors (Lipinski definition) is 2. The van der Waals surface area contributed by atoms with Crippen molar-refractivity contribution in [3.63, 3.8) is 0 Å². The number of rotatable bonds is 2. The lowest BCUT2D eigenvalue weighted by atomic mass is 10.0. The standard InChI is InChI=1S/C12H15N3/c1-2-10-9-4-3-8(12(13)5-6-12)7-11(9)15-14-10/h3-4,7H,2,5-6,13H2,1H3,(H,14,15). The van der Waals surface area contributed by atoms with E-state index >= 15 is 0 Å². The molecule has 0 unspecified atom stereocenters. The summed E-state index contributed by atoms with van der Waals surface area (Å²) < 4.78 is 0. The van der Waals surface area contributed by atoms with Gasteiger partial charge in [0.25, 0.3) is 0 Å². The van der Waals surface area contributed by atoms with Crippen molar-refractivity contribution >= 4 is 10.9 Å². The van der Waals surface area contributed by atoms with Gasteiger partial charge in [-0.25, -0.2) is 0 Å². The number of aromatic nitrogens is 2. The first-order valence-corrected chi connectivity index (χ1v) is 5.49. The molecule has 0 radical (unpaired) electrons. The SMILES string of the molecule is CCc1[nH]nc2cc(C3(N)CC3)ccc12. The van der Waals surface area contributed by atoms with Gasteiger partial charge in [-0.05, 0) is 30.9 Å². The third kappa shape index (κ3) is 1.27. The predicted octanol–water partition coefficient (Wildman–Crippen LogP) is 2.07. The molecular formula is C12H15N3. The van der Waals surface area contributed by atoms with Crippen molar-refractivity contribution in [2.75, 3.05) is 0 Å². The number of nitrogens with two attached hydrogens (primary N) is 1. The first kappa shape index (κ1) is 8.92. The van der Waals surface area contributed by atoms with Crippen molar-refractivity contribution in [1.82, 2.24) is 10.2 Å². The molecule has 0 aliphatic heterocycles. The maximum Gasteiger partial charge on any atom is 0.0927 e. The minimum absolute atomic E-state index is 0.0560. The summed E-state index contributed by atoms with van der Waals surface area (Å²) in [6, 6.07) is 6.40. The van der Waals surface area contributed by atoms with Crippen LogP contribution in [0.5, 0.6) is 0 Å². The summed E-state index contributed by atoms with van der Waals surface area (Å²) >= 11 is 0. The number of nitrogens with one attached hydrogen (secondary N) is 1. The van der Waals surface area contributed by atoms with E-state index in [0.717, 1.165) is 24.8 Å². The van der Waals surface area contributed by atoms with E-state index in [0.29, 0.717) is 0 Å². The largest absolute Gasteiger partial charge is 0.321 e. The van der Waals surface area contributed by atoms with Crippen molar-refractivity contribution in [2.45, 2.75) is 31.7 Å².